The van der Waals surface area contributed by atoms with E-state index in [1.807, 2.05) is 7.05 Å². The minimum absolute atomic E-state index is 1.13. The van der Waals surface area contributed by atoms with Crippen molar-refractivity contribution >= 4 is 5.69 Å². The fourth-order valence-corrected chi connectivity index (χ4v) is 1.73. The second-order valence-corrected chi connectivity index (χ2v) is 3.36. The Morgan fingerprint density at radius 2 is 1.50 bits per heavy atom. The smallest absolute Gasteiger partial charge is 0.0572 e. The van der Waals surface area contributed by atoms with Gasteiger partial charge in [-0.1, -0.05) is 17.7 Å². The minimum Gasteiger partial charge on any atom is -0.314 e. The van der Waals surface area contributed by atoms with Gasteiger partial charge in [0, 0.05) is 7.05 Å². The molecule has 66 valence electrons. The summed E-state index contributed by atoms with van der Waals surface area (Å²) < 4.78 is 0. The van der Waals surface area contributed by atoms with Crippen molar-refractivity contribution in [2.75, 3.05) is 12.1 Å². The van der Waals surface area contributed by atoms with E-state index in [1.54, 1.807) is 5.01 Å². The molecule has 0 aliphatic heterocycles. The highest BCUT2D eigenvalue weighted by atomic mass is 15.4. The van der Waals surface area contributed by atoms with E-state index in [1.165, 1.54) is 16.7 Å². The number of benzene rings is 1. The lowest BCUT2D eigenvalue weighted by atomic mass is 10.1. The van der Waals surface area contributed by atoms with Gasteiger partial charge < -0.3 is 5.01 Å². The molecule has 0 aromatic heterocycles. The molecule has 1 aromatic carbocycles. The Morgan fingerprint density at radius 1 is 1.08 bits per heavy atom. The Kier molecular flexibility index (Phi) is 2.38. The fourth-order valence-electron chi connectivity index (χ4n) is 1.73. The summed E-state index contributed by atoms with van der Waals surface area (Å²) in [4.78, 5) is 0. The molecular formula is C10H16N2. The predicted octanol–water partition coefficient (Wildman–Crippen LogP) is 1.92. The second-order valence-electron chi connectivity index (χ2n) is 3.36. The lowest BCUT2D eigenvalue weighted by Gasteiger charge is -2.18. The van der Waals surface area contributed by atoms with Crippen LogP contribution in [0.5, 0.6) is 0 Å². The Labute approximate surface area is 74.0 Å². The molecule has 12 heavy (non-hydrogen) atoms. The molecule has 0 spiro atoms. The van der Waals surface area contributed by atoms with Gasteiger partial charge in [0.1, 0.15) is 0 Å². The van der Waals surface area contributed by atoms with Gasteiger partial charge in [0.15, 0.2) is 0 Å². The first-order chi connectivity index (χ1) is 5.52. The maximum Gasteiger partial charge on any atom is 0.0572 e. The topological polar surface area (TPSA) is 29.3 Å². The number of hydrogen-bond acceptors (Lipinski definition) is 2. The van der Waals surface area contributed by atoms with Crippen LogP contribution in [0, 0.1) is 20.8 Å². The maximum atomic E-state index is 5.70. The lowest BCUT2D eigenvalue weighted by Crippen LogP contribution is -2.26. The first-order valence-corrected chi connectivity index (χ1v) is 4.08. The summed E-state index contributed by atoms with van der Waals surface area (Å²) in [5.74, 6) is 5.70. The van der Waals surface area contributed by atoms with Gasteiger partial charge in [-0.25, -0.2) is 5.84 Å². The zero-order chi connectivity index (χ0) is 9.30. The number of aryl methyl sites for hydroxylation is 3. The van der Waals surface area contributed by atoms with Gasteiger partial charge in [-0.3, -0.25) is 0 Å². The number of nitrogens with two attached hydrogens (primary N) is 1. The lowest BCUT2D eigenvalue weighted by molar-refractivity contribution is 0.995. The van der Waals surface area contributed by atoms with Gasteiger partial charge in [-0.15, -0.1) is 0 Å². The van der Waals surface area contributed by atoms with Gasteiger partial charge in [0.2, 0.25) is 0 Å². The van der Waals surface area contributed by atoms with E-state index in [2.05, 4.69) is 32.9 Å². The number of hydrazine groups is 1. The second kappa shape index (κ2) is 3.15. The number of anilines is 1. The van der Waals surface area contributed by atoms with Crippen molar-refractivity contribution in [2.24, 2.45) is 5.84 Å². The van der Waals surface area contributed by atoms with Gasteiger partial charge in [0.05, 0.1) is 5.69 Å². The van der Waals surface area contributed by atoms with Crippen LogP contribution in [0.3, 0.4) is 0 Å². The summed E-state index contributed by atoms with van der Waals surface area (Å²) in [5.41, 5.74) is 4.88. The van der Waals surface area contributed by atoms with Crippen LogP contribution in [0.15, 0.2) is 12.1 Å². The average Bonchev–Trinajstić information content (AvgIpc) is 1.82. The molecule has 0 saturated carbocycles. The van der Waals surface area contributed by atoms with Crippen LogP contribution >= 0.6 is 0 Å². The largest absolute Gasteiger partial charge is 0.314 e. The highest BCUT2D eigenvalue weighted by molar-refractivity contribution is 5.58. The molecule has 2 nitrogen and oxygen atoms in total. The van der Waals surface area contributed by atoms with Gasteiger partial charge >= 0.3 is 0 Å². The molecule has 2 heteroatoms. The molecule has 1 rings (SSSR count). The fraction of sp³-hybridized carbons (Fsp3) is 0.400. The summed E-state index contributed by atoms with van der Waals surface area (Å²) >= 11 is 0. The molecule has 0 unspecified atom stereocenters. The van der Waals surface area contributed by atoms with Crippen molar-refractivity contribution in [3.05, 3.63) is 28.8 Å². The van der Waals surface area contributed by atoms with Crippen LogP contribution in [0.1, 0.15) is 16.7 Å². The highest BCUT2D eigenvalue weighted by Crippen LogP contribution is 2.22. The molecule has 0 amide bonds. The van der Waals surface area contributed by atoms with E-state index in [0.717, 1.165) is 5.69 Å². The molecule has 0 heterocycles. The predicted molar refractivity (Wildman–Crippen MR) is 53.2 cm³/mol. The van der Waals surface area contributed by atoms with E-state index in [4.69, 9.17) is 5.84 Å². The molecule has 1 aromatic rings. The van der Waals surface area contributed by atoms with Crippen molar-refractivity contribution in [2.45, 2.75) is 20.8 Å². The van der Waals surface area contributed by atoms with Crippen LogP contribution in [0.4, 0.5) is 5.69 Å². The standard InChI is InChI=1S/C10H16N2/c1-7-5-8(2)10(12(4)11)9(3)6-7/h5-6H,11H2,1-4H3. The summed E-state index contributed by atoms with van der Waals surface area (Å²) in [6.45, 7) is 6.26. The Bertz CT molecular complexity index is 267. The molecule has 0 atom stereocenters. The molecule has 0 aliphatic rings. The summed E-state index contributed by atoms with van der Waals surface area (Å²) in [5, 5.41) is 1.67. The van der Waals surface area contributed by atoms with Crippen LogP contribution < -0.4 is 10.9 Å². The number of nitrogens with zero attached hydrogens (tertiary/aromatic N) is 1. The minimum atomic E-state index is 1.13. The van der Waals surface area contributed by atoms with Crippen molar-refractivity contribution in [1.29, 1.82) is 0 Å². The molecule has 0 fully saturated rings. The third kappa shape index (κ3) is 1.59. The molecule has 2 N–H and O–H groups in total. The maximum absolute atomic E-state index is 5.70. The zero-order valence-electron chi connectivity index (χ0n) is 8.18. The Hall–Kier alpha value is -1.02. The SMILES string of the molecule is Cc1cc(C)c(N(C)N)c(C)c1. The normalized spacial score (nSPS) is 10.1. The highest BCUT2D eigenvalue weighted by Gasteiger charge is 2.04. The number of rotatable bonds is 1. The van der Waals surface area contributed by atoms with Crippen LogP contribution in [-0.4, -0.2) is 7.05 Å². The van der Waals surface area contributed by atoms with Gasteiger partial charge in [-0.2, -0.15) is 0 Å². The average molecular weight is 164 g/mol. The van der Waals surface area contributed by atoms with Crippen molar-refractivity contribution < 1.29 is 0 Å². The van der Waals surface area contributed by atoms with Crippen LogP contribution in [0.2, 0.25) is 0 Å². The zero-order valence-corrected chi connectivity index (χ0v) is 8.18. The van der Waals surface area contributed by atoms with Crippen LogP contribution in [-0.2, 0) is 0 Å². The molecule has 0 aliphatic carbocycles. The molecule has 0 radical (unpaired) electrons. The Balaban J connectivity index is 3.28. The quantitative estimate of drug-likeness (QED) is 0.507. The van der Waals surface area contributed by atoms with E-state index < -0.39 is 0 Å². The Morgan fingerprint density at radius 3 is 1.83 bits per heavy atom. The van der Waals surface area contributed by atoms with Crippen molar-refractivity contribution in [3.8, 4) is 0 Å². The van der Waals surface area contributed by atoms with Crippen molar-refractivity contribution in [1.82, 2.24) is 0 Å². The van der Waals surface area contributed by atoms with Gasteiger partial charge in [0.25, 0.3) is 0 Å². The first-order valence-electron chi connectivity index (χ1n) is 4.08. The summed E-state index contributed by atoms with van der Waals surface area (Å²) in [7, 11) is 1.87. The van der Waals surface area contributed by atoms with E-state index in [-0.39, 0.29) is 0 Å². The first kappa shape index (κ1) is 9.07. The molecule has 0 saturated heterocycles. The summed E-state index contributed by atoms with van der Waals surface area (Å²) in [6.07, 6.45) is 0. The molecular weight excluding hydrogens is 148 g/mol. The third-order valence-corrected chi connectivity index (χ3v) is 1.99. The monoisotopic (exact) mass is 164 g/mol. The van der Waals surface area contributed by atoms with E-state index in [0.29, 0.717) is 0 Å². The molecule has 0 bridgehead atoms. The third-order valence-electron chi connectivity index (χ3n) is 1.99. The van der Waals surface area contributed by atoms with E-state index >= 15 is 0 Å². The number of hydrogen-bond donors (Lipinski definition) is 1. The van der Waals surface area contributed by atoms with Crippen LogP contribution in [0.25, 0.3) is 0 Å². The summed E-state index contributed by atoms with van der Waals surface area (Å²) in [6, 6.07) is 4.29. The van der Waals surface area contributed by atoms with Crippen molar-refractivity contribution in [3.63, 3.8) is 0 Å². The van der Waals surface area contributed by atoms with Gasteiger partial charge in [-0.05, 0) is 31.9 Å². The van der Waals surface area contributed by atoms with E-state index in [9.17, 15) is 0 Å².